The van der Waals surface area contributed by atoms with E-state index in [-0.39, 0.29) is 24.3 Å². The standard InChI is InChI=1S/C19H23N5O3/c1-13-20-11-14-3-7-19(17(14)21-13)6-2-8-24(12-19)16(26)5-10-23-9-4-15(25)22-18(23)27/h4,9,11H,2-3,5-8,10,12H2,1H3,(H,22,25,27). The number of nitrogens with one attached hydrogen (secondary N) is 1. The number of hydrogen-bond donors (Lipinski definition) is 1. The molecule has 4 rings (SSSR count). The molecule has 1 N–H and O–H groups in total. The number of likely N-dealkylation sites (tertiary alicyclic amines) is 1. The first-order chi connectivity index (χ1) is 13.0. The first kappa shape index (κ1) is 17.6. The molecule has 2 aliphatic rings. The van der Waals surface area contributed by atoms with Gasteiger partial charge in [0.25, 0.3) is 5.56 Å². The molecule has 1 aliphatic carbocycles. The van der Waals surface area contributed by atoms with Crippen molar-refractivity contribution in [2.75, 3.05) is 13.1 Å². The lowest BCUT2D eigenvalue weighted by atomic mass is 9.77. The predicted molar refractivity (Wildman–Crippen MR) is 98.5 cm³/mol. The van der Waals surface area contributed by atoms with Gasteiger partial charge < -0.3 is 9.47 Å². The molecule has 8 nitrogen and oxygen atoms in total. The van der Waals surface area contributed by atoms with Crippen molar-refractivity contribution in [1.29, 1.82) is 0 Å². The lowest BCUT2D eigenvalue weighted by Gasteiger charge is -2.40. The Hall–Kier alpha value is -2.77. The third-order valence-corrected chi connectivity index (χ3v) is 5.75. The number of aromatic amines is 1. The normalized spacial score (nSPS) is 21.4. The van der Waals surface area contributed by atoms with Crippen LogP contribution in [0.25, 0.3) is 0 Å². The van der Waals surface area contributed by atoms with Gasteiger partial charge in [0.2, 0.25) is 5.91 Å². The fourth-order valence-corrected chi connectivity index (χ4v) is 4.37. The van der Waals surface area contributed by atoms with Gasteiger partial charge >= 0.3 is 5.69 Å². The third kappa shape index (κ3) is 3.31. The van der Waals surface area contributed by atoms with Gasteiger partial charge in [-0.15, -0.1) is 0 Å². The van der Waals surface area contributed by atoms with Crippen LogP contribution in [-0.4, -0.2) is 43.4 Å². The molecule has 1 saturated heterocycles. The molecule has 3 heterocycles. The van der Waals surface area contributed by atoms with Gasteiger partial charge in [-0.2, -0.15) is 0 Å². The van der Waals surface area contributed by atoms with E-state index in [0.717, 1.165) is 43.7 Å². The summed E-state index contributed by atoms with van der Waals surface area (Å²) >= 11 is 0. The van der Waals surface area contributed by atoms with Gasteiger partial charge in [0.15, 0.2) is 0 Å². The molecule has 1 spiro atoms. The summed E-state index contributed by atoms with van der Waals surface area (Å²) in [5.41, 5.74) is 1.34. The average molecular weight is 369 g/mol. The average Bonchev–Trinajstić information content (AvgIpc) is 2.98. The highest BCUT2D eigenvalue weighted by atomic mass is 16.2. The first-order valence-electron chi connectivity index (χ1n) is 9.37. The van der Waals surface area contributed by atoms with E-state index < -0.39 is 11.2 Å². The number of hydrogen-bond acceptors (Lipinski definition) is 5. The number of nitrogens with zero attached hydrogens (tertiary/aromatic N) is 4. The van der Waals surface area contributed by atoms with E-state index in [4.69, 9.17) is 4.98 Å². The second kappa shape index (κ2) is 6.75. The van der Waals surface area contributed by atoms with Gasteiger partial charge in [0.1, 0.15) is 5.82 Å². The summed E-state index contributed by atoms with van der Waals surface area (Å²) in [6.45, 7) is 3.58. The van der Waals surface area contributed by atoms with E-state index in [1.807, 2.05) is 18.0 Å². The van der Waals surface area contributed by atoms with Crippen LogP contribution in [0, 0.1) is 6.92 Å². The maximum absolute atomic E-state index is 12.8. The quantitative estimate of drug-likeness (QED) is 0.851. The van der Waals surface area contributed by atoms with E-state index in [1.165, 1.54) is 22.4 Å². The molecule has 2 aromatic rings. The van der Waals surface area contributed by atoms with Crippen LogP contribution in [0.4, 0.5) is 0 Å². The van der Waals surface area contributed by atoms with Gasteiger partial charge in [-0.25, -0.2) is 14.8 Å². The smallest absolute Gasteiger partial charge is 0.328 e. The van der Waals surface area contributed by atoms with Crippen LogP contribution in [0.1, 0.15) is 42.8 Å². The summed E-state index contributed by atoms with van der Waals surface area (Å²) in [4.78, 5) is 48.8. The number of piperidine rings is 1. The Morgan fingerprint density at radius 2 is 2.19 bits per heavy atom. The van der Waals surface area contributed by atoms with Crippen LogP contribution < -0.4 is 11.2 Å². The highest BCUT2D eigenvalue weighted by Gasteiger charge is 2.44. The van der Waals surface area contributed by atoms with Crippen LogP contribution in [0.5, 0.6) is 0 Å². The summed E-state index contributed by atoms with van der Waals surface area (Å²) < 4.78 is 1.36. The lowest BCUT2D eigenvalue weighted by molar-refractivity contribution is -0.133. The largest absolute Gasteiger partial charge is 0.342 e. The monoisotopic (exact) mass is 369 g/mol. The Kier molecular flexibility index (Phi) is 4.41. The Labute approximate surface area is 156 Å². The Morgan fingerprint density at radius 3 is 3.00 bits per heavy atom. The van der Waals surface area contributed by atoms with Crippen LogP contribution in [0.15, 0.2) is 28.0 Å². The summed E-state index contributed by atoms with van der Waals surface area (Å²) in [5, 5.41) is 0. The number of carbonyl (C=O) groups is 1. The molecule has 27 heavy (non-hydrogen) atoms. The molecule has 0 aromatic carbocycles. The number of carbonyl (C=O) groups excluding carboxylic acids is 1. The molecular formula is C19H23N5O3. The van der Waals surface area contributed by atoms with E-state index in [9.17, 15) is 14.4 Å². The van der Waals surface area contributed by atoms with Gasteiger partial charge in [0.05, 0.1) is 5.69 Å². The predicted octanol–water partition coefficient (Wildman–Crippen LogP) is 0.532. The second-order valence-electron chi connectivity index (χ2n) is 7.54. The minimum absolute atomic E-state index is 0.0337. The summed E-state index contributed by atoms with van der Waals surface area (Å²) in [6, 6.07) is 1.29. The number of rotatable bonds is 3. The zero-order valence-electron chi connectivity index (χ0n) is 15.4. The molecule has 1 amide bonds. The van der Waals surface area contributed by atoms with Crippen molar-refractivity contribution in [3.05, 3.63) is 56.4 Å². The molecule has 142 valence electrons. The van der Waals surface area contributed by atoms with Crippen molar-refractivity contribution in [1.82, 2.24) is 24.4 Å². The van der Waals surface area contributed by atoms with E-state index in [0.29, 0.717) is 6.54 Å². The van der Waals surface area contributed by atoms with Crippen LogP contribution >= 0.6 is 0 Å². The SMILES string of the molecule is Cc1ncc2c(n1)C1(CCCN(C(=O)CCn3ccc(=O)[nH]c3=O)C1)CC2. The van der Waals surface area contributed by atoms with Crippen molar-refractivity contribution in [3.63, 3.8) is 0 Å². The summed E-state index contributed by atoms with van der Waals surface area (Å²) in [7, 11) is 0. The van der Waals surface area contributed by atoms with Crippen molar-refractivity contribution in [3.8, 4) is 0 Å². The molecule has 1 unspecified atom stereocenters. The maximum atomic E-state index is 12.8. The molecule has 1 fully saturated rings. The number of amides is 1. The fourth-order valence-electron chi connectivity index (χ4n) is 4.37. The van der Waals surface area contributed by atoms with E-state index >= 15 is 0 Å². The topological polar surface area (TPSA) is 101 Å². The van der Waals surface area contributed by atoms with E-state index in [1.54, 1.807) is 0 Å². The number of fused-ring (bicyclic) bond motifs is 2. The number of aryl methyl sites for hydroxylation is 3. The molecule has 0 radical (unpaired) electrons. The Morgan fingerprint density at radius 1 is 1.33 bits per heavy atom. The summed E-state index contributed by atoms with van der Waals surface area (Å²) in [5.74, 6) is 0.808. The maximum Gasteiger partial charge on any atom is 0.328 e. The zero-order chi connectivity index (χ0) is 19.0. The van der Waals surface area contributed by atoms with Crippen LogP contribution in [0.3, 0.4) is 0 Å². The zero-order valence-corrected chi connectivity index (χ0v) is 15.4. The number of aromatic nitrogens is 4. The highest BCUT2D eigenvalue weighted by molar-refractivity contribution is 5.76. The van der Waals surface area contributed by atoms with Gasteiger partial charge in [-0.3, -0.25) is 14.6 Å². The summed E-state index contributed by atoms with van der Waals surface area (Å²) in [6.07, 6.45) is 7.55. The Bertz CT molecular complexity index is 991. The Balaban J connectivity index is 1.47. The van der Waals surface area contributed by atoms with Crippen LogP contribution in [0.2, 0.25) is 0 Å². The molecule has 0 bridgehead atoms. The minimum Gasteiger partial charge on any atom is -0.342 e. The molecule has 0 saturated carbocycles. The van der Waals surface area contributed by atoms with Crippen molar-refractivity contribution < 1.29 is 4.79 Å². The van der Waals surface area contributed by atoms with Gasteiger partial charge in [0, 0.05) is 49.9 Å². The third-order valence-electron chi connectivity index (χ3n) is 5.75. The van der Waals surface area contributed by atoms with Crippen molar-refractivity contribution in [2.45, 2.75) is 51.0 Å². The lowest BCUT2D eigenvalue weighted by Crippen LogP contribution is -2.48. The van der Waals surface area contributed by atoms with Crippen molar-refractivity contribution >= 4 is 5.91 Å². The molecule has 1 atom stereocenters. The van der Waals surface area contributed by atoms with Crippen molar-refractivity contribution in [2.24, 2.45) is 0 Å². The van der Waals surface area contributed by atoms with Crippen LogP contribution in [-0.2, 0) is 23.2 Å². The second-order valence-corrected chi connectivity index (χ2v) is 7.54. The molecule has 1 aliphatic heterocycles. The van der Waals surface area contributed by atoms with Gasteiger partial charge in [-0.1, -0.05) is 0 Å². The minimum atomic E-state index is -0.484. The van der Waals surface area contributed by atoms with Gasteiger partial charge in [-0.05, 0) is 38.2 Å². The molecular weight excluding hydrogens is 346 g/mol. The molecule has 2 aromatic heterocycles. The van der Waals surface area contributed by atoms with E-state index in [2.05, 4.69) is 9.97 Å². The number of H-pyrrole nitrogens is 1. The molecule has 8 heteroatoms. The first-order valence-corrected chi connectivity index (χ1v) is 9.37. The highest BCUT2D eigenvalue weighted by Crippen LogP contribution is 2.43. The fraction of sp³-hybridized carbons (Fsp3) is 0.526.